The molecule has 0 saturated carbocycles. The van der Waals surface area contributed by atoms with Gasteiger partial charge < -0.3 is 9.72 Å². The van der Waals surface area contributed by atoms with E-state index < -0.39 is 0 Å². The highest BCUT2D eigenvalue weighted by atomic mass is 16.5. The van der Waals surface area contributed by atoms with Crippen molar-refractivity contribution >= 4 is 21.9 Å². The van der Waals surface area contributed by atoms with E-state index in [0.29, 0.717) is 39.7 Å². The number of likely N-dealkylation sites (tertiary alicyclic amines) is 1. The summed E-state index contributed by atoms with van der Waals surface area (Å²) in [5, 5.41) is 3.84. The van der Waals surface area contributed by atoms with Gasteiger partial charge in [-0.1, -0.05) is 24.6 Å². The van der Waals surface area contributed by atoms with Crippen LogP contribution >= 0.6 is 0 Å². The molecule has 0 spiro atoms. The lowest BCUT2D eigenvalue weighted by Crippen LogP contribution is -2.31. The SMILES string of the molecule is O=c1[nH]c2ccc(CN3CCCCC3)c3c2nc1-c1cccc2c(=O)n([nH]c12)CCN1CC[C@@H](C1)O3. The quantitative estimate of drug-likeness (QED) is 0.452. The zero-order chi connectivity index (χ0) is 24.2. The van der Waals surface area contributed by atoms with Crippen LogP contribution in [0.15, 0.2) is 39.9 Å². The van der Waals surface area contributed by atoms with Crippen LogP contribution in [0, 0.1) is 0 Å². The zero-order valence-corrected chi connectivity index (χ0v) is 20.3. The lowest BCUT2D eigenvalue weighted by atomic mass is 10.1. The maximum absolute atomic E-state index is 13.2. The third kappa shape index (κ3) is 3.65. The first-order chi connectivity index (χ1) is 17.6. The van der Waals surface area contributed by atoms with E-state index in [-0.39, 0.29) is 17.2 Å². The monoisotopic (exact) mass is 486 g/mol. The molecular formula is C27H30N6O3. The molecule has 7 rings (SSSR count). The summed E-state index contributed by atoms with van der Waals surface area (Å²) in [6, 6.07) is 9.50. The number of benzene rings is 2. The van der Waals surface area contributed by atoms with Crippen LogP contribution in [0.2, 0.25) is 0 Å². The number of H-pyrrole nitrogens is 2. The van der Waals surface area contributed by atoms with Crippen molar-refractivity contribution in [3.05, 3.63) is 56.6 Å². The van der Waals surface area contributed by atoms with Crippen LogP contribution in [0.25, 0.3) is 33.2 Å². The van der Waals surface area contributed by atoms with E-state index in [2.05, 4.69) is 25.9 Å². The number of fused-ring (bicyclic) bond motifs is 5. The molecule has 2 aromatic carbocycles. The molecule has 2 saturated heterocycles. The van der Waals surface area contributed by atoms with Gasteiger partial charge >= 0.3 is 0 Å². The van der Waals surface area contributed by atoms with Gasteiger partial charge in [-0.15, -0.1) is 0 Å². The Bertz CT molecular complexity index is 1580. The minimum atomic E-state index is -0.280. The van der Waals surface area contributed by atoms with E-state index in [9.17, 15) is 9.59 Å². The lowest BCUT2D eigenvalue weighted by molar-refractivity contribution is 0.188. The summed E-state index contributed by atoms with van der Waals surface area (Å²) in [7, 11) is 0. The third-order valence-corrected chi connectivity index (χ3v) is 7.94. The van der Waals surface area contributed by atoms with Crippen molar-refractivity contribution in [3.63, 3.8) is 0 Å². The number of nitrogens with zero attached hydrogens (tertiary/aromatic N) is 4. The Morgan fingerprint density at radius 3 is 2.78 bits per heavy atom. The first-order valence-corrected chi connectivity index (χ1v) is 13.0. The van der Waals surface area contributed by atoms with Gasteiger partial charge in [0.2, 0.25) is 0 Å². The molecule has 4 aromatic rings. The van der Waals surface area contributed by atoms with Crippen molar-refractivity contribution in [3.8, 4) is 17.0 Å². The van der Waals surface area contributed by atoms with Crippen molar-refractivity contribution in [2.75, 3.05) is 32.7 Å². The van der Waals surface area contributed by atoms with E-state index in [1.54, 1.807) is 10.7 Å². The number of aromatic amines is 2. The van der Waals surface area contributed by atoms with Gasteiger partial charge in [0.1, 0.15) is 17.3 Å². The van der Waals surface area contributed by atoms with Crippen molar-refractivity contribution in [1.82, 2.24) is 29.5 Å². The maximum atomic E-state index is 13.2. The first-order valence-electron chi connectivity index (χ1n) is 13.0. The van der Waals surface area contributed by atoms with Gasteiger partial charge in [-0.25, -0.2) is 4.98 Å². The van der Waals surface area contributed by atoms with Crippen LogP contribution in [0.4, 0.5) is 0 Å². The Labute approximate surface area is 207 Å². The fraction of sp³-hybridized carbons (Fsp3) is 0.444. The largest absolute Gasteiger partial charge is 0.486 e. The molecule has 2 aromatic heterocycles. The molecule has 3 aliphatic rings. The number of para-hydroxylation sites is 1. The van der Waals surface area contributed by atoms with Crippen LogP contribution in [-0.4, -0.2) is 68.4 Å². The first kappa shape index (κ1) is 21.8. The molecule has 9 nitrogen and oxygen atoms in total. The van der Waals surface area contributed by atoms with Crippen molar-refractivity contribution in [1.29, 1.82) is 0 Å². The fourth-order valence-corrected chi connectivity index (χ4v) is 6.01. The van der Waals surface area contributed by atoms with Crippen LogP contribution in [-0.2, 0) is 13.1 Å². The number of rotatable bonds is 2. The topological polar surface area (TPSA) is 99.2 Å². The molecular weight excluding hydrogens is 456 g/mol. The Balaban J connectivity index is 1.46. The molecule has 186 valence electrons. The van der Waals surface area contributed by atoms with Crippen LogP contribution < -0.4 is 15.9 Å². The molecule has 1 unspecified atom stereocenters. The summed E-state index contributed by atoms with van der Waals surface area (Å²) < 4.78 is 8.37. The predicted molar refractivity (Wildman–Crippen MR) is 139 cm³/mol. The van der Waals surface area contributed by atoms with Gasteiger partial charge in [-0.05, 0) is 44.5 Å². The summed E-state index contributed by atoms with van der Waals surface area (Å²) >= 11 is 0. The zero-order valence-electron chi connectivity index (χ0n) is 20.3. The lowest BCUT2D eigenvalue weighted by Gasteiger charge is -2.28. The van der Waals surface area contributed by atoms with Gasteiger partial charge in [0.15, 0.2) is 5.75 Å². The number of ether oxygens (including phenoxy) is 1. The summed E-state index contributed by atoms with van der Waals surface area (Å²) in [6.45, 7) is 6.03. The van der Waals surface area contributed by atoms with Crippen LogP contribution in [0.5, 0.6) is 5.75 Å². The van der Waals surface area contributed by atoms with Crippen molar-refractivity contribution in [2.45, 2.75) is 44.9 Å². The van der Waals surface area contributed by atoms with Crippen molar-refractivity contribution < 1.29 is 4.74 Å². The Kier molecular flexibility index (Phi) is 5.21. The molecule has 9 heteroatoms. The molecule has 2 N–H and O–H groups in total. The van der Waals surface area contributed by atoms with E-state index in [4.69, 9.17) is 9.72 Å². The Morgan fingerprint density at radius 2 is 1.89 bits per heavy atom. The summed E-state index contributed by atoms with van der Waals surface area (Å²) in [6.07, 6.45) is 4.68. The number of aromatic nitrogens is 4. The van der Waals surface area contributed by atoms with Gasteiger partial charge in [-0.2, -0.15) is 0 Å². The third-order valence-electron chi connectivity index (χ3n) is 7.94. The average molecular weight is 487 g/mol. The molecule has 2 fully saturated rings. The Morgan fingerprint density at radius 1 is 1.00 bits per heavy atom. The molecule has 2 atom stereocenters. The minimum absolute atomic E-state index is 0.0367. The van der Waals surface area contributed by atoms with Crippen molar-refractivity contribution in [2.24, 2.45) is 0 Å². The standard InChI is InChI=1S/C27H30N6O3/c34-26-23-19-5-4-6-20-22(19)30-33(27(20)35)14-13-32-12-9-18(16-32)36-25-17(15-31-10-2-1-3-11-31)7-8-21(28-26)24(25)29-23/h4-8,18,30H,1-3,9-16H2,(H,28,34)/t18-/m0/s1. The van der Waals surface area contributed by atoms with Gasteiger partial charge in [0, 0.05) is 37.3 Å². The second-order valence-corrected chi connectivity index (χ2v) is 10.3. The van der Waals surface area contributed by atoms with Gasteiger partial charge in [-0.3, -0.25) is 29.2 Å². The number of nitrogens with one attached hydrogen (secondary N) is 2. The second-order valence-electron chi connectivity index (χ2n) is 10.3. The molecule has 0 aliphatic carbocycles. The molecule has 3 aliphatic heterocycles. The normalized spacial score (nSPS) is 22.3. The van der Waals surface area contributed by atoms with E-state index in [0.717, 1.165) is 57.0 Å². The smallest absolute Gasteiger partial charge is 0.275 e. The molecule has 0 amide bonds. The molecule has 0 radical (unpaired) electrons. The molecule has 36 heavy (non-hydrogen) atoms. The average Bonchev–Trinajstić information content (AvgIpc) is 3.48. The minimum Gasteiger partial charge on any atom is -0.486 e. The van der Waals surface area contributed by atoms with Gasteiger partial charge in [0.05, 0.1) is 23.0 Å². The summed E-state index contributed by atoms with van der Waals surface area (Å²) in [5.74, 6) is 0.776. The predicted octanol–water partition coefficient (Wildman–Crippen LogP) is 2.69. The van der Waals surface area contributed by atoms with E-state index in [1.165, 1.54) is 19.3 Å². The number of hydrogen-bond donors (Lipinski definition) is 2. The highest BCUT2D eigenvalue weighted by Crippen LogP contribution is 2.33. The van der Waals surface area contributed by atoms with Crippen LogP contribution in [0.3, 0.4) is 0 Å². The molecule has 6 bridgehead atoms. The van der Waals surface area contributed by atoms with Crippen LogP contribution in [0.1, 0.15) is 31.2 Å². The number of piperidine rings is 1. The second kappa shape index (κ2) is 8.60. The van der Waals surface area contributed by atoms with E-state index >= 15 is 0 Å². The highest BCUT2D eigenvalue weighted by molar-refractivity contribution is 5.94. The number of hydrogen-bond acceptors (Lipinski definition) is 6. The summed E-state index contributed by atoms with van der Waals surface area (Å²) in [4.78, 5) is 39.1. The highest BCUT2D eigenvalue weighted by Gasteiger charge is 2.28. The maximum Gasteiger partial charge on any atom is 0.275 e. The Hall–Kier alpha value is -3.43. The summed E-state index contributed by atoms with van der Waals surface area (Å²) in [5.41, 5.74) is 3.66. The fourth-order valence-electron chi connectivity index (χ4n) is 6.01. The van der Waals surface area contributed by atoms with E-state index in [1.807, 2.05) is 18.2 Å². The molecule has 5 heterocycles. The van der Waals surface area contributed by atoms with Gasteiger partial charge in [0.25, 0.3) is 11.1 Å².